The standard InChI is InChI=1S/C33H30ClN3O6S/c1-5-42-32(40)29-20(3)35-33-37(30(29)23-11-6-7-12-24(23)34)31(39)27(44-33)17-21-13-14-25(26(16-21)41-4)43-18-28(38)36-22-10-8-9-19(2)15-22/h6-17,30H,5,18H2,1-4H3,(H,36,38)/b27-17-/t30-/m0/s1. The number of esters is 1. The van der Waals surface area contributed by atoms with Gasteiger partial charge in [0.15, 0.2) is 22.9 Å². The number of aromatic nitrogens is 1. The number of benzene rings is 3. The number of aryl methyl sites for hydroxylation is 1. The van der Waals surface area contributed by atoms with Crippen LogP contribution in [0.2, 0.25) is 5.02 Å². The number of amides is 1. The molecule has 0 aliphatic carbocycles. The van der Waals surface area contributed by atoms with Crippen LogP contribution in [0.1, 0.15) is 36.6 Å². The Hall–Kier alpha value is -4.67. The van der Waals surface area contributed by atoms with E-state index in [-0.39, 0.29) is 30.3 Å². The lowest BCUT2D eigenvalue weighted by Crippen LogP contribution is -2.40. The van der Waals surface area contributed by atoms with Crippen LogP contribution in [0.15, 0.2) is 87.8 Å². The Labute approximate surface area is 262 Å². The number of methoxy groups -OCH3 is 1. The van der Waals surface area contributed by atoms with Crippen molar-refractivity contribution < 1.29 is 23.8 Å². The molecule has 1 aliphatic rings. The van der Waals surface area contributed by atoms with Crippen molar-refractivity contribution in [1.29, 1.82) is 0 Å². The Morgan fingerprint density at radius 3 is 2.59 bits per heavy atom. The highest BCUT2D eigenvalue weighted by Crippen LogP contribution is 2.34. The van der Waals surface area contributed by atoms with Crippen LogP contribution in [0.25, 0.3) is 6.08 Å². The first-order valence-corrected chi connectivity index (χ1v) is 15.0. The van der Waals surface area contributed by atoms with Crippen LogP contribution in [-0.2, 0) is 14.3 Å². The lowest BCUT2D eigenvalue weighted by molar-refractivity contribution is -0.139. The smallest absolute Gasteiger partial charge is 0.338 e. The molecule has 1 N–H and O–H groups in total. The van der Waals surface area contributed by atoms with Gasteiger partial charge in [0.25, 0.3) is 11.5 Å². The van der Waals surface area contributed by atoms with Crippen LogP contribution in [0.3, 0.4) is 0 Å². The molecule has 0 bridgehead atoms. The second kappa shape index (κ2) is 13.3. The number of ether oxygens (including phenoxy) is 3. The molecule has 1 aromatic heterocycles. The van der Waals surface area contributed by atoms with Crippen molar-refractivity contribution in [3.8, 4) is 11.5 Å². The molecule has 1 atom stereocenters. The largest absolute Gasteiger partial charge is 0.493 e. The van der Waals surface area contributed by atoms with Gasteiger partial charge in [-0.3, -0.25) is 14.2 Å². The molecule has 4 aromatic rings. The normalized spacial score (nSPS) is 14.5. The van der Waals surface area contributed by atoms with Crippen LogP contribution in [0.5, 0.6) is 11.5 Å². The van der Waals surface area contributed by atoms with Crippen LogP contribution in [0, 0.1) is 6.92 Å². The third-order valence-corrected chi connectivity index (χ3v) is 8.19. The quantitative estimate of drug-likeness (QED) is 0.266. The number of rotatable bonds is 9. The molecule has 9 nitrogen and oxygen atoms in total. The summed E-state index contributed by atoms with van der Waals surface area (Å²) in [7, 11) is 1.50. The number of allylic oxidation sites excluding steroid dienone is 1. The molecule has 0 saturated carbocycles. The zero-order chi connectivity index (χ0) is 31.4. The van der Waals surface area contributed by atoms with Crippen molar-refractivity contribution >= 4 is 46.6 Å². The maximum Gasteiger partial charge on any atom is 0.338 e. The van der Waals surface area contributed by atoms with Gasteiger partial charge in [0.05, 0.1) is 29.5 Å². The number of carbonyl (C=O) groups excluding carboxylic acids is 2. The fourth-order valence-electron chi connectivity index (χ4n) is 4.89. The molecular weight excluding hydrogens is 602 g/mol. The van der Waals surface area contributed by atoms with Gasteiger partial charge in [-0.2, -0.15) is 0 Å². The van der Waals surface area contributed by atoms with Gasteiger partial charge in [-0.05, 0) is 73.9 Å². The first-order valence-electron chi connectivity index (χ1n) is 13.8. The van der Waals surface area contributed by atoms with Crippen LogP contribution in [-0.4, -0.2) is 36.8 Å². The Bertz CT molecular complexity index is 1960. The molecule has 0 unspecified atom stereocenters. The summed E-state index contributed by atoms with van der Waals surface area (Å²) in [4.78, 5) is 44.4. The van der Waals surface area contributed by atoms with Gasteiger partial charge in [-0.1, -0.05) is 59.3 Å². The molecular formula is C33H30ClN3O6S. The number of anilines is 1. The highest BCUT2D eigenvalue weighted by atomic mass is 35.5. The predicted molar refractivity (Wildman–Crippen MR) is 170 cm³/mol. The second-order valence-corrected chi connectivity index (χ2v) is 11.4. The van der Waals surface area contributed by atoms with E-state index in [1.54, 1.807) is 68.5 Å². The molecule has 0 saturated heterocycles. The Balaban J connectivity index is 1.47. The first-order chi connectivity index (χ1) is 21.2. The summed E-state index contributed by atoms with van der Waals surface area (Å²) >= 11 is 7.77. The minimum Gasteiger partial charge on any atom is -0.493 e. The van der Waals surface area contributed by atoms with E-state index in [4.69, 9.17) is 25.8 Å². The van der Waals surface area contributed by atoms with Gasteiger partial charge in [-0.15, -0.1) is 0 Å². The first kappa shape index (κ1) is 30.8. The summed E-state index contributed by atoms with van der Waals surface area (Å²) < 4.78 is 18.5. The van der Waals surface area contributed by atoms with E-state index in [9.17, 15) is 14.4 Å². The lowest BCUT2D eigenvalue weighted by atomic mass is 9.96. The number of carbonyl (C=O) groups is 2. The molecule has 2 heterocycles. The van der Waals surface area contributed by atoms with Crippen molar-refractivity contribution in [2.45, 2.75) is 26.8 Å². The Kier molecular flexibility index (Phi) is 9.32. The summed E-state index contributed by atoms with van der Waals surface area (Å²) in [5, 5.41) is 3.22. The predicted octanol–water partition coefficient (Wildman–Crippen LogP) is 4.79. The van der Waals surface area contributed by atoms with Gasteiger partial charge in [0, 0.05) is 10.7 Å². The summed E-state index contributed by atoms with van der Waals surface area (Å²) in [6.07, 6.45) is 1.72. The molecule has 11 heteroatoms. The van der Waals surface area contributed by atoms with E-state index >= 15 is 0 Å². The third kappa shape index (κ3) is 6.46. The van der Waals surface area contributed by atoms with Crippen molar-refractivity contribution in [3.05, 3.63) is 119 Å². The number of nitrogens with zero attached hydrogens (tertiary/aromatic N) is 2. The third-order valence-electron chi connectivity index (χ3n) is 6.86. The van der Waals surface area contributed by atoms with E-state index < -0.39 is 12.0 Å². The van der Waals surface area contributed by atoms with Crippen LogP contribution < -0.4 is 29.7 Å². The topological polar surface area (TPSA) is 108 Å². The number of hydrogen-bond donors (Lipinski definition) is 1. The fourth-order valence-corrected chi connectivity index (χ4v) is 6.18. The lowest BCUT2D eigenvalue weighted by Gasteiger charge is -2.25. The second-order valence-electron chi connectivity index (χ2n) is 9.94. The minimum absolute atomic E-state index is 0.175. The van der Waals surface area contributed by atoms with Gasteiger partial charge in [0.2, 0.25) is 0 Å². The van der Waals surface area contributed by atoms with E-state index in [0.29, 0.717) is 48.4 Å². The summed E-state index contributed by atoms with van der Waals surface area (Å²) in [5.41, 5.74) is 3.35. The van der Waals surface area contributed by atoms with Crippen LogP contribution >= 0.6 is 22.9 Å². The van der Waals surface area contributed by atoms with Gasteiger partial charge < -0.3 is 19.5 Å². The van der Waals surface area contributed by atoms with Gasteiger partial charge in [0.1, 0.15) is 6.04 Å². The average Bonchev–Trinajstić information content (AvgIpc) is 3.29. The molecule has 5 rings (SSSR count). The fraction of sp³-hybridized carbons (Fsp3) is 0.212. The molecule has 0 fully saturated rings. The van der Waals surface area contributed by atoms with Gasteiger partial charge in [-0.25, -0.2) is 9.79 Å². The maximum absolute atomic E-state index is 13.9. The number of nitrogens with one attached hydrogen (secondary N) is 1. The molecule has 0 spiro atoms. The Morgan fingerprint density at radius 1 is 1.07 bits per heavy atom. The average molecular weight is 632 g/mol. The molecule has 44 heavy (non-hydrogen) atoms. The highest BCUT2D eigenvalue weighted by Gasteiger charge is 2.34. The molecule has 3 aromatic carbocycles. The minimum atomic E-state index is -0.808. The van der Waals surface area contributed by atoms with E-state index in [1.807, 2.05) is 25.1 Å². The van der Waals surface area contributed by atoms with Crippen molar-refractivity contribution in [2.75, 3.05) is 25.6 Å². The van der Waals surface area contributed by atoms with E-state index in [2.05, 4.69) is 10.3 Å². The summed E-state index contributed by atoms with van der Waals surface area (Å²) in [6, 6.07) is 18.9. The monoisotopic (exact) mass is 631 g/mol. The number of hydrogen-bond acceptors (Lipinski definition) is 8. The summed E-state index contributed by atoms with van der Waals surface area (Å²) in [5.74, 6) is -0.0996. The van der Waals surface area contributed by atoms with E-state index in [0.717, 1.165) is 5.56 Å². The van der Waals surface area contributed by atoms with Crippen molar-refractivity contribution in [1.82, 2.24) is 4.57 Å². The zero-order valence-electron chi connectivity index (χ0n) is 24.5. The van der Waals surface area contributed by atoms with Crippen LogP contribution in [0.4, 0.5) is 5.69 Å². The Morgan fingerprint density at radius 2 is 1.86 bits per heavy atom. The highest BCUT2D eigenvalue weighted by molar-refractivity contribution is 7.07. The molecule has 1 aliphatic heterocycles. The number of thiazole rings is 1. The van der Waals surface area contributed by atoms with Crippen molar-refractivity contribution in [3.63, 3.8) is 0 Å². The maximum atomic E-state index is 13.9. The molecule has 1 amide bonds. The SMILES string of the molecule is CCOC(=O)C1=C(C)N=c2s/c(=C\c3ccc(OCC(=O)Nc4cccc(C)c4)c(OC)c3)c(=O)n2[C@H]1c1ccccc1Cl. The zero-order valence-corrected chi connectivity index (χ0v) is 26.1. The number of fused-ring (bicyclic) bond motifs is 1. The molecule has 226 valence electrons. The summed E-state index contributed by atoms with van der Waals surface area (Å²) in [6.45, 7) is 5.34. The molecule has 0 radical (unpaired) electrons. The number of halogens is 1. The van der Waals surface area contributed by atoms with E-state index in [1.165, 1.54) is 23.0 Å². The van der Waals surface area contributed by atoms with Crippen molar-refractivity contribution in [2.24, 2.45) is 4.99 Å². The van der Waals surface area contributed by atoms with Gasteiger partial charge >= 0.3 is 5.97 Å².